The van der Waals surface area contributed by atoms with Gasteiger partial charge in [-0.2, -0.15) is 0 Å². The Morgan fingerprint density at radius 2 is 2.07 bits per heavy atom. The fourth-order valence-corrected chi connectivity index (χ4v) is 3.54. The number of nitrogens with zero attached hydrogens (tertiary/aromatic N) is 4. The third-order valence-electron chi connectivity index (χ3n) is 4.17. The zero-order valence-electron chi connectivity index (χ0n) is 15.4. The van der Waals surface area contributed by atoms with Crippen molar-refractivity contribution in [2.24, 2.45) is 0 Å². The van der Waals surface area contributed by atoms with Crippen LogP contribution in [-0.2, 0) is 4.79 Å². The number of anilines is 1. The highest BCUT2D eigenvalue weighted by Crippen LogP contribution is 2.24. The van der Waals surface area contributed by atoms with E-state index < -0.39 is 0 Å². The van der Waals surface area contributed by atoms with E-state index in [-0.39, 0.29) is 11.7 Å². The van der Waals surface area contributed by atoms with E-state index in [1.807, 2.05) is 49.4 Å². The van der Waals surface area contributed by atoms with Gasteiger partial charge in [-0.3, -0.25) is 9.36 Å². The predicted octanol–water partition coefficient (Wildman–Crippen LogP) is 4.61. The van der Waals surface area contributed by atoms with E-state index >= 15 is 0 Å². The van der Waals surface area contributed by atoms with E-state index in [1.54, 1.807) is 17.1 Å². The molecule has 0 saturated heterocycles. The number of nitrogens with one attached hydrogen (secondary N) is 1. The molecule has 1 N–H and O–H groups in total. The molecule has 9 heteroatoms. The van der Waals surface area contributed by atoms with Crippen LogP contribution < -0.4 is 5.32 Å². The Bertz CT molecular complexity index is 1130. The summed E-state index contributed by atoms with van der Waals surface area (Å²) in [5.74, 6) is 0.732. The maximum Gasteiger partial charge on any atom is 0.234 e. The molecule has 7 nitrogen and oxygen atoms in total. The number of carbonyl (C=O) groups is 1. The number of carbonyl (C=O) groups excluding carboxylic acids is 1. The fraction of sp³-hybridized carbons (Fsp3) is 0.100. The van der Waals surface area contributed by atoms with Gasteiger partial charge in [-0.1, -0.05) is 29.4 Å². The van der Waals surface area contributed by atoms with Crippen LogP contribution in [0, 0.1) is 6.92 Å². The van der Waals surface area contributed by atoms with Gasteiger partial charge in [0, 0.05) is 16.3 Å². The summed E-state index contributed by atoms with van der Waals surface area (Å²) in [6.45, 7) is 1.94. The summed E-state index contributed by atoms with van der Waals surface area (Å²) in [4.78, 5) is 16.2. The zero-order valence-corrected chi connectivity index (χ0v) is 16.9. The largest absolute Gasteiger partial charge is 0.444 e. The fourth-order valence-electron chi connectivity index (χ4n) is 2.63. The van der Waals surface area contributed by atoms with Crippen molar-refractivity contribution in [1.29, 1.82) is 0 Å². The molecular weight excluding hydrogens is 410 g/mol. The van der Waals surface area contributed by atoms with Crippen LogP contribution in [0.3, 0.4) is 0 Å². The van der Waals surface area contributed by atoms with E-state index in [0.29, 0.717) is 21.6 Å². The minimum Gasteiger partial charge on any atom is -0.444 e. The monoisotopic (exact) mass is 425 g/mol. The molecule has 0 atom stereocenters. The Morgan fingerprint density at radius 3 is 2.79 bits per heavy atom. The lowest BCUT2D eigenvalue weighted by Gasteiger charge is -2.08. The van der Waals surface area contributed by atoms with Crippen LogP contribution in [0.1, 0.15) is 5.56 Å². The molecule has 0 aliphatic rings. The molecule has 0 unspecified atom stereocenters. The first-order chi connectivity index (χ1) is 14.1. The Hall–Kier alpha value is -3.10. The number of halogens is 1. The van der Waals surface area contributed by atoms with Crippen LogP contribution in [0.5, 0.6) is 0 Å². The van der Waals surface area contributed by atoms with Crippen LogP contribution in [0.2, 0.25) is 5.02 Å². The number of benzene rings is 2. The molecule has 0 fully saturated rings. The topological polar surface area (TPSA) is 85.8 Å². The molecule has 0 spiro atoms. The van der Waals surface area contributed by atoms with Gasteiger partial charge >= 0.3 is 0 Å². The van der Waals surface area contributed by atoms with Crippen molar-refractivity contribution in [3.63, 3.8) is 0 Å². The molecule has 1 amide bonds. The van der Waals surface area contributed by atoms with E-state index in [9.17, 15) is 4.79 Å². The highest BCUT2D eigenvalue weighted by molar-refractivity contribution is 7.99. The van der Waals surface area contributed by atoms with Gasteiger partial charge in [0.25, 0.3) is 0 Å². The van der Waals surface area contributed by atoms with Crippen molar-refractivity contribution in [3.8, 4) is 17.0 Å². The first-order valence-electron chi connectivity index (χ1n) is 8.68. The van der Waals surface area contributed by atoms with Crippen molar-refractivity contribution in [1.82, 2.24) is 19.7 Å². The molecule has 146 valence electrons. The number of hydrogen-bond donors (Lipinski definition) is 1. The summed E-state index contributed by atoms with van der Waals surface area (Å²) in [6, 6.07) is 13.1. The van der Waals surface area contributed by atoms with Crippen molar-refractivity contribution < 1.29 is 9.21 Å². The summed E-state index contributed by atoms with van der Waals surface area (Å²) in [7, 11) is 0. The van der Waals surface area contributed by atoms with E-state index in [1.165, 1.54) is 18.2 Å². The second kappa shape index (κ2) is 8.50. The van der Waals surface area contributed by atoms with Crippen LogP contribution in [0.15, 0.2) is 71.0 Å². The molecule has 0 aliphatic heterocycles. The molecule has 2 aromatic heterocycles. The smallest absolute Gasteiger partial charge is 0.234 e. The molecule has 0 radical (unpaired) electrons. The highest BCUT2D eigenvalue weighted by Gasteiger charge is 2.11. The molecule has 2 aromatic carbocycles. The Labute approximate surface area is 176 Å². The zero-order chi connectivity index (χ0) is 20.2. The molecule has 4 rings (SSSR count). The second-order valence-electron chi connectivity index (χ2n) is 6.20. The molecule has 4 aromatic rings. The lowest BCUT2D eigenvalue weighted by atomic mass is 10.2. The number of thioether (sulfide) groups is 1. The number of aromatic nitrogens is 4. The third kappa shape index (κ3) is 4.49. The average molecular weight is 426 g/mol. The Balaban J connectivity index is 1.38. The van der Waals surface area contributed by atoms with Gasteiger partial charge in [0.1, 0.15) is 6.33 Å². The van der Waals surface area contributed by atoms with Gasteiger partial charge in [-0.05, 0) is 48.9 Å². The van der Waals surface area contributed by atoms with Gasteiger partial charge in [-0.25, -0.2) is 4.98 Å². The second-order valence-corrected chi connectivity index (χ2v) is 7.55. The van der Waals surface area contributed by atoms with Gasteiger partial charge in [0.15, 0.2) is 17.3 Å². The van der Waals surface area contributed by atoms with Crippen molar-refractivity contribution in [3.05, 3.63) is 72.0 Å². The number of amides is 1. The quantitative estimate of drug-likeness (QED) is 0.454. The van der Waals surface area contributed by atoms with Crippen LogP contribution >= 0.6 is 23.4 Å². The third-order valence-corrected chi connectivity index (χ3v) is 5.52. The lowest BCUT2D eigenvalue weighted by molar-refractivity contribution is -0.113. The van der Waals surface area contributed by atoms with Crippen molar-refractivity contribution in [2.75, 3.05) is 11.1 Å². The van der Waals surface area contributed by atoms with E-state index in [0.717, 1.165) is 16.8 Å². The first kappa shape index (κ1) is 19.2. The minimum absolute atomic E-state index is 0.140. The van der Waals surface area contributed by atoms with Gasteiger partial charge in [0.2, 0.25) is 5.91 Å². The molecular formula is C20H16ClN5O2S. The molecule has 2 heterocycles. The van der Waals surface area contributed by atoms with Crippen LogP contribution in [-0.4, -0.2) is 31.4 Å². The molecule has 0 aliphatic carbocycles. The maximum atomic E-state index is 12.3. The standard InChI is InChI=1S/C20H16ClN5O2S/c1-13-2-7-16(8-17(13)21)26-11-23-25-20(26)29-10-19(27)24-15-5-3-14(4-6-15)18-9-22-12-28-18/h2-9,11-12H,10H2,1H3,(H,24,27). The van der Waals surface area contributed by atoms with Crippen LogP contribution in [0.25, 0.3) is 17.0 Å². The molecule has 0 bridgehead atoms. The van der Waals surface area contributed by atoms with Gasteiger partial charge in [0.05, 0.1) is 17.6 Å². The maximum absolute atomic E-state index is 12.3. The van der Waals surface area contributed by atoms with E-state index in [2.05, 4.69) is 20.5 Å². The van der Waals surface area contributed by atoms with Gasteiger partial charge in [-0.15, -0.1) is 10.2 Å². The summed E-state index contributed by atoms with van der Waals surface area (Å²) < 4.78 is 7.06. The number of oxazole rings is 1. The SMILES string of the molecule is Cc1ccc(-n2cnnc2SCC(=O)Nc2ccc(-c3cnco3)cc2)cc1Cl. The summed E-state index contributed by atoms with van der Waals surface area (Å²) in [6.07, 6.45) is 4.62. The van der Waals surface area contributed by atoms with Gasteiger partial charge < -0.3 is 9.73 Å². The first-order valence-corrected chi connectivity index (χ1v) is 10.0. The van der Waals surface area contributed by atoms with E-state index in [4.69, 9.17) is 16.0 Å². The number of hydrogen-bond acceptors (Lipinski definition) is 6. The number of rotatable bonds is 6. The predicted molar refractivity (Wildman–Crippen MR) is 112 cm³/mol. The number of aryl methyl sites for hydroxylation is 1. The Morgan fingerprint density at radius 1 is 1.24 bits per heavy atom. The van der Waals surface area contributed by atoms with Crippen LogP contribution in [0.4, 0.5) is 5.69 Å². The average Bonchev–Trinajstić information content (AvgIpc) is 3.41. The molecule has 29 heavy (non-hydrogen) atoms. The highest BCUT2D eigenvalue weighted by atomic mass is 35.5. The molecule has 0 saturated carbocycles. The lowest BCUT2D eigenvalue weighted by Crippen LogP contribution is -2.14. The normalized spacial score (nSPS) is 10.8. The summed E-state index contributed by atoms with van der Waals surface area (Å²) in [5, 5.41) is 12.2. The Kier molecular flexibility index (Phi) is 5.64. The summed E-state index contributed by atoms with van der Waals surface area (Å²) >= 11 is 7.51. The van der Waals surface area contributed by atoms with Crippen molar-refractivity contribution in [2.45, 2.75) is 12.1 Å². The minimum atomic E-state index is -0.140. The van der Waals surface area contributed by atoms with Crippen molar-refractivity contribution >= 4 is 35.0 Å². The summed E-state index contributed by atoms with van der Waals surface area (Å²) in [5.41, 5.74) is 3.42.